The number of hydrogen-bond donors (Lipinski definition) is 3. The number of hydrogen-bond acceptors (Lipinski definition) is 5. The minimum absolute atomic E-state index is 0.323. The van der Waals surface area contributed by atoms with E-state index in [1.807, 2.05) is 6.07 Å². The summed E-state index contributed by atoms with van der Waals surface area (Å²) in [4.78, 5) is 21.5. The molecule has 5 nitrogen and oxygen atoms in total. The highest BCUT2D eigenvalue weighted by atomic mass is 32.2. The summed E-state index contributed by atoms with van der Waals surface area (Å²) in [6.07, 6.45) is 0.519. The predicted octanol–water partition coefficient (Wildman–Crippen LogP) is 0.753. The Hall–Kier alpha value is -1.53. The minimum atomic E-state index is -0.323. The third-order valence-electron chi connectivity index (χ3n) is 1.77. The molecule has 0 atom stereocenters. The van der Waals surface area contributed by atoms with Gasteiger partial charge in [-0.3, -0.25) is 9.93 Å². The van der Waals surface area contributed by atoms with Crippen LogP contribution in [0.1, 0.15) is 10.4 Å². The SMILES string of the molecule is NSCNc1cccc(C(=O)N[CH]C=O)c1. The molecule has 0 spiro atoms. The van der Waals surface area contributed by atoms with Crippen LogP contribution in [0.5, 0.6) is 0 Å². The lowest BCUT2D eigenvalue weighted by Gasteiger charge is -2.06. The standard InChI is InChI=1S/C10H12N3O2S/c11-16-7-13-9-3-1-2-8(6-9)10(15)12-4-5-14/h1-6,13H,7,11H2,(H,12,15). The monoisotopic (exact) mass is 238 g/mol. The van der Waals surface area contributed by atoms with Gasteiger partial charge in [-0.1, -0.05) is 18.0 Å². The Balaban J connectivity index is 2.65. The molecule has 0 heterocycles. The van der Waals surface area contributed by atoms with Gasteiger partial charge in [0.2, 0.25) is 0 Å². The largest absolute Gasteiger partial charge is 0.375 e. The van der Waals surface area contributed by atoms with E-state index in [0.29, 0.717) is 17.7 Å². The molecule has 0 aromatic heterocycles. The van der Waals surface area contributed by atoms with Crippen molar-refractivity contribution in [2.75, 3.05) is 11.2 Å². The molecule has 6 heteroatoms. The van der Waals surface area contributed by atoms with Crippen LogP contribution < -0.4 is 15.8 Å². The van der Waals surface area contributed by atoms with Gasteiger partial charge in [0.05, 0.1) is 5.88 Å². The molecule has 0 saturated heterocycles. The van der Waals surface area contributed by atoms with Gasteiger partial charge in [0, 0.05) is 11.3 Å². The van der Waals surface area contributed by atoms with E-state index in [9.17, 15) is 9.59 Å². The molecule has 0 bridgehead atoms. The highest BCUT2D eigenvalue weighted by molar-refractivity contribution is 7.97. The zero-order chi connectivity index (χ0) is 11.8. The molecule has 85 valence electrons. The summed E-state index contributed by atoms with van der Waals surface area (Å²) >= 11 is 1.16. The smallest absolute Gasteiger partial charge is 0.252 e. The number of rotatable bonds is 6. The van der Waals surface area contributed by atoms with Gasteiger partial charge in [0.25, 0.3) is 5.91 Å². The first-order valence-corrected chi connectivity index (χ1v) is 5.56. The van der Waals surface area contributed by atoms with Crippen LogP contribution in [0, 0.1) is 6.54 Å². The predicted molar refractivity (Wildman–Crippen MR) is 64.5 cm³/mol. The van der Waals surface area contributed by atoms with Crippen molar-refractivity contribution in [1.82, 2.24) is 5.32 Å². The Morgan fingerprint density at radius 2 is 2.31 bits per heavy atom. The van der Waals surface area contributed by atoms with Crippen LogP contribution in [0.25, 0.3) is 0 Å². The first-order valence-electron chi connectivity index (χ1n) is 4.51. The van der Waals surface area contributed by atoms with Crippen LogP contribution in [0.15, 0.2) is 24.3 Å². The van der Waals surface area contributed by atoms with Gasteiger partial charge >= 0.3 is 0 Å². The van der Waals surface area contributed by atoms with Crippen molar-refractivity contribution in [2.45, 2.75) is 0 Å². The summed E-state index contributed by atoms with van der Waals surface area (Å²) in [7, 11) is 0. The Morgan fingerprint density at radius 1 is 1.50 bits per heavy atom. The summed E-state index contributed by atoms with van der Waals surface area (Å²) in [5, 5.41) is 10.6. The van der Waals surface area contributed by atoms with Crippen molar-refractivity contribution in [3.05, 3.63) is 36.4 Å². The molecule has 0 aliphatic carbocycles. The summed E-state index contributed by atoms with van der Waals surface area (Å²) < 4.78 is 0. The second-order valence-electron chi connectivity index (χ2n) is 2.84. The van der Waals surface area contributed by atoms with E-state index in [0.717, 1.165) is 24.2 Å². The third-order valence-corrected chi connectivity index (χ3v) is 2.08. The number of nitrogens with two attached hydrogens (primary N) is 1. The van der Waals surface area contributed by atoms with Gasteiger partial charge in [0.15, 0.2) is 0 Å². The van der Waals surface area contributed by atoms with Crippen LogP contribution in [0.2, 0.25) is 0 Å². The van der Waals surface area contributed by atoms with E-state index in [1.165, 1.54) is 0 Å². The number of aldehydes is 1. The lowest BCUT2D eigenvalue weighted by Crippen LogP contribution is -2.21. The van der Waals surface area contributed by atoms with E-state index in [2.05, 4.69) is 10.6 Å². The summed E-state index contributed by atoms with van der Waals surface area (Å²) in [5.41, 5.74) is 1.28. The number of benzene rings is 1. The maximum absolute atomic E-state index is 11.5. The van der Waals surface area contributed by atoms with E-state index in [-0.39, 0.29) is 5.91 Å². The van der Waals surface area contributed by atoms with Crippen LogP contribution in [0.4, 0.5) is 5.69 Å². The van der Waals surface area contributed by atoms with Crippen molar-refractivity contribution in [3.63, 3.8) is 0 Å². The molecule has 1 rings (SSSR count). The van der Waals surface area contributed by atoms with Gasteiger partial charge in [-0.05, 0) is 18.2 Å². The number of carbonyl (C=O) groups is 2. The average Bonchev–Trinajstić information content (AvgIpc) is 2.33. The maximum atomic E-state index is 11.5. The summed E-state index contributed by atoms with van der Waals surface area (Å²) in [5.74, 6) is 0.238. The molecule has 1 amide bonds. The Bertz CT molecular complexity index is 371. The lowest BCUT2D eigenvalue weighted by atomic mass is 10.2. The highest BCUT2D eigenvalue weighted by Crippen LogP contribution is 2.11. The van der Waals surface area contributed by atoms with Crippen LogP contribution in [-0.2, 0) is 4.79 Å². The number of amides is 1. The van der Waals surface area contributed by atoms with Crippen molar-refractivity contribution >= 4 is 29.8 Å². The molecule has 4 N–H and O–H groups in total. The van der Waals surface area contributed by atoms with Gasteiger partial charge in [-0.2, -0.15) is 0 Å². The minimum Gasteiger partial charge on any atom is -0.375 e. The molecular formula is C10H12N3O2S. The van der Waals surface area contributed by atoms with Crippen molar-refractivity contribution in [3.8, 4) is 0 Å². The zero-order valence-corrected chi connectivity index (χ0v) is 9.29. The lowest BCUT2D eigenvalue weighted by molar-refractivity contribution is -0.105. The molecule has 1 radical (unpaired) electrons. The molecular weight excluding hydrogens is 226 g/mol. The van der Waals surface area contributed by atoms with Crippen molar-refractivity contribution in [1.29, 1.82) is 0 Å². The van der Waals surface area contributed by atoms with Gasteiger partial charge < -0.3 is 15.4 Å². The second kappa shape index (κ2) is 6.86. The van der Waals surface area contributed by atoms with E-state index < -0.39 is 0 Å². The normalized spacial score (nSPS) is 9.56. The van der Waals surface area contributed by atoms with Crippen molar-refractivity contribution in [2.24, 2.45) is 5.14 Å². The average molecular weight is 238 g/mol. The zero-order valence-electron chi connectivity index (χ0n) is 8.47. The van der Waals surface area contributed by atoms with Crippen LogP contribution in [0.3, 0.4) is 0 Å². The highest BCUT2D eigenvalue weighted by Gasteiger charge is 2.04. The van der Waals surface area contributed by atoms with Gasteiger partial charge in [-0.15, -0.1) is 0 Å². The Morgan fingerprint density at radius 3 is 3.00 bits per heavy atom. The molecule has 0 saturated carbocycles. The molecule has 0 unspecified atom stereocenters. The summed E-state index contributed by atoms with van der Waals surface area (Å²) in [6, 6.07) is 6.93. The van der Waals surface area contributed by atoms with Crippen molar-refractivity contribution < 1.29 is 9.59 Å². The molecule has 1 aromatic rings. The fourth-order valence-electron chi connectivity index (χ4n) is 1.09. The molecule has 0 aliphatic rings. The maximum Gasteiger partial charge on any atom is 0.252 e. The molecule has 16 heavy (non-hydrogen) atoms. The number of nitrogens with one attached hydrogen (secondary N) is 2. The van der Waals surface area contributed by atoms with Crippen LogP contribution >= 0.6 is 11.9 Å². The molecule has 0 fully saturated rings. The van der Waals surface area contributed by atoms with Gasteiger partial charge in [0.1, 0.15) is 12.8 Å². The number of anilines is 1. The quantitative estimate of drug-likeness (QED) is 0.387. The van der Waals surface area contributed by atoms with E-state index in [1.54, 1.807) is 18.2 Å². The first kappa shape index (κ1) is 12.5. The molecule has 1 aromatic carbocycles. The first-order chi connectivity index (χ1) is 7.77. The Kier molecular flexibility index (Phi) is 5.38. The topological polar surface area (TPSA) is 84.2 Å². The van der Waals surface area contributed by atoms with E-state index in [4.69, 9.17) is 5.14 Å². The second-order valence-corrected chi connectivity index (χ2v) is 3.47. The number of carbonyl (C=O) groups excluding carboxylic acids is 2. The third kappa shape index (κ3) is 3.92. The molecule has 0 aliphatic heterocycles. The summed E-state index contributed by atoms with van der Waals surface area (Å²) in [6.45, 7) is 1.05. The fourth-order valence-corrected chi connectivity index (χ4v) is 1.34. The van der Waals surface area contributed by atoms with E-state index >= 15 is 0 Å². The Labute approximate surface area is 97.9 Å². The van der Waals surface area contributed by atoms with Gasteiger partial charge in [-0.25, -0.2) is 0 Å². The fraction of sp³-hybridized carbons (Fsp3) is 0.100. The van der Waals surface area contributed by atoms with Crippen LogP contribution in [-0.4, -0.2) is 18.1 Å².